The maximum absolute atomic E-state index is 12.5. The van der Waals surface area contributed by atoms with Crippen molar-refractivity contribution >= 4 is 16.0 Å². The van der Waals surface area contributed by atoms with Gasteiger partial charge in [0.1, 0.15) is 5.82 Å². The van der Waals surface area contributed by atoms with Crippen molar-refractivity contribution in [3.63, 3.8) is 0 Å². The van der Waals surface area contributed by atoms with Crippen LogP contribution in [0.2, 0.25) is 0 Å². The van der Waals surface area contributed by atoms with Crippen LogP contribution in [0.1, 0.15) is 29.8 Å². The predicted molar refractivity (Wildman–Crippen MR) is 98.0 cm³/mol. The van der Waals surface area contributed by atoms with E-state index in [0.29, 0.717) is 31.8 Å². The average Bonchev–Trinajstić information content (AvgIpc) is 3.18. The zero-order valence-corrected chi connectivity index (χ0v) is 15.5. The van der Waals surface area contributed by atoms with E-state index in [4.69, 9.17) is 5.11 Å². The molecule has 0 aliphatic carbocycles. The molecule has 1 aromatic heterocycles. The zero-order chi connectivity index (χ0) is 19.4. The molecule has 2 aromatic rings. The van der Waals surface area contributed by atoms with Crippen molar-refractivity contribution < 1.29 is 18.3 Å². The van der Waals surface area contributed by atoms with Crippen LogP contribution in [-0.2, 0) is 34.1 Å². The van der Waals surface area contributed by atoms with E-state index in [1.807, 2.05) is 0 Å². The van der Waals surface area contributed by atoms with Crippen LogP contribution in [0.15, 0.2) is 40.2 Å². The summed E-state index contributed by atoms with van der Waals surface area (Å²) < 4.78 is 26.5. The highest BCUT2D eigenvalue weighted by Crippen LogP contribution is 2.21. The Hall–Kier alpha value is -2.52. The standard InChI is InChI=1S/C18H21N3O5S/c22-17(23)11-14-12-19-16(20-18(14)24)8-5-13-3-6-15(7-4-13)27(25,26)21-9-1-2-10-21/h3-4,6-7,12H,1-2,5,8-11H2,(H,22,23)(H,19,20,24). The average molecular weight is 391 g/mol. The number of hydrogen-bond donors (Lipinski definition) is 2. The number of hydrogen-bond acceptors (Lipinski definition) is 5. The van der Waals surface area contributed by atoms with E-state index in [1.54, 1.807) is 24.3 Å². The van der Waals surface area contributed by atoms with Gasteiger partial charge in [-0.25, -0.2) is 13.4 Å². The van der Waals surface area contributed by atoms with E-state index in [2.05, 4.69) is 9.97 Å². The number of carboxylic acid groups (broad SMARTS) is 1. The number of benzene rings is 1. The fourth-order valence-electron chi connectivity index (χ4n) is 3.04. The lowest BCUT2D eigenvalue weighted by atomic mass is 10.1. The number of carbonyl (C=O) groups is 1. The summed E-state index contributed by atoms with van der Waals surface area (Å²) >= 11 is 0. The topological polar surface area (TPSA) is 120 Å². The first-order valence-electron chi connectivity index (χ1n) is 8.74. The van der Waals surface area contributed by atoms with Crippen LogP contribution >= 0.6 is 0 Å². The van der Waals surface area contributed by atoms with E-state index in [9.17, 15) is 18.0 Å². The second-order valence-corrected chi connectivity index (χ2v) is 8.45. The van der Waals surface area contributed by atoms with Crippen molar-refractivity contribution in [1.82, 2.24) is 14.3 Å². The van der Waals surface area contributed by atoms with Crippen LogP contribution in [0.4, 0.5) is 0 Å². The summed E-state index contributed by atoms with van der Waals surface area (Å²) in [5.41, 5.74) is 0.588. The van der Waals surface area contributed by atoms with E-state index in [1.165, 1.54) is 10.5 Å². The smallest absolute Gasteiger partial charge is 0.308 e. The van der Waals surface area contributed by atoms with E-state index in [-0.39, 0.29) is 16.9 Å². The number of nitrogens with one attached hydrogen (secondary N) is 1. The zero-order valence-electron chi connectivity index (χ0n) is 14.7. The largest absolute Gasteiger partial charge is 0.481 e. The summed E-state index contributed by atoms with van der Waals surface area (Å²) in [5.74, 6) is -0.623. The lowest BCUT2D eigenvalue weighted by Gasteiger charge is -2.15. The van der Waals surface area contributed by atoms with Gasteiger partial charge in [-0.3, -0.25) is 9.59 Å². The van der Waals surface area contributed by atoms with Crippen LogP contribution in [0, 0.1) is 0 Å². The van der Waals surface area contributed by atoms with Crippen LogP contribution in [0.25, 0.3) is 0 Å². The maximum atomic E-state index is 12.5. The van der Waals surface area contributed by atoms with Gasteiger partial charge in [-0.1, -0.05) is 12.1 Å². The third-order valence-electron chi connectivity index (χ3n) is 4.54. The number of aliphatic carboxylic acids is 1. The summed E-state index contributed by atoms with van der Waals surface area (Å²) in [6.45, 7) is 1.14. The molecule has 1 aromatic carbocycles. The molecule has 144 valence electrons. The second kappa shape index (κ2) is 8.01. The molecule has 1 aliphatic rings. The summed E-state index contributed by atoms with van der Waals surface area (Å²) in [6.07, 6.45) is 3.75. The van der Waals surface area contributed by atoms with Gasteiger partial charge < -0.3 is 10.1 Å². The van der Waals surface area contributed by atoms with Gasteiger partial charge in [0.2, 0.25) is 10.0 Å². The minimum absolute atomic E-state index is 0.114. The lowest BCUT2D eigenvalue weighted by Crippen LogP contribution is -2.27. The minimum Gasteiger partial charge on any atom is -0.481 e. The SMILES string of the molecule is O=C(O)Cc1cnc(CCc2ccc(S(=O)(=O)N3CCCC3)cc2)[nH]c1=O. The molecule has 0 spiro atoms. The first-order valence-corrected chi connectivity index (χ1v) is 10.2. The fraction of sp³-hybridized carbons (Fsp3) is 0.389. The molecular weight excluding hydrogens is 370 g/mol. The molecule has 0 unspecified atom stereocenters. The number of aryl methyl sites for hydroxylation is 2. The molecule has 1 aliphatic heterocycles. The highest BCUT2D eigenvalue weighted by Gasteiger charge is 2.26. The Balaban J connectivity index is 1.64. The second-order valence-electron chi connectivity index (χ2n) is 6.51. The van der Waals surface area contributed by atoms with Gasteiger partial charge in [-0.15, -0.1) is 0 Å². The van der Waals surface area contributed by atoms with E-state index in [0.717, 1.165) is 18.4 Å². The fourth-order valence-corrected chi connectivity index (χ4v) is 4.56. The van der Waals surface area contributed by atoms with Crippen LogP contribution < -0.4 is 5.56 Å². The molecule has 0 saturated carbocycles. The number of carboxylic acids is 1. The van der Waals surface area contributed by atoms with Crippen molar-refractivity contribution in [3.8, 4) is 0 Å². The molecule has 1 saturated heterocycles. The number of sulfonamides is 1. The molecule has 2 heterocycles. The van der Waals surface area contributed by atoms with Gasteiger partial charge in [0.15, 0.2) is 0 Å². The Morgan fingerprint density at radius 3 is 2.41 bits per heavy atom. The molecular formula is C18H21N3O5S. The van der Waals surface area contributed by atoms with Crippen molar-refractivity contribution in [2.75, 3.05) is 13.1 Å². The van der Waals surface area contributed by atoms with Crippen LogP contribution in [-0.4, -0.2) is 46.9 Å². The van der Waals surface area contributed by atoms with Crippen molar-refractivity contribution in [1.29, 1.82) is 0 Å². The number of H-pyrrole nitrogens is 1. The molecule has 1 fully saturated rings. The van der Waals surface area contributed by atoms with Gasteiger partial charge >= 0.3 is 5.97 Å². The quantitative estimate of drug-likeness (QED) is 0.725. The van der Waals surface area contributed by atoms with Gasteiger partial charge in [0.25, 0.3) is 5.56 Å². The molecule has 2 N–H and O–H groups in total. The summed E-state index contributed by atoms with van der Waals surface area (Å²) in [5, 5.41) is 8.74. The van der Waals surface area contributed by atoms with Gasteiger partial charge in [0.05, 0.1) is 11.3 Å². The Kier molecular flexibility index (Phi) is 5.71. The maximum Gasteiger partial charge on any atom is 0.308 e. The minimum atomic E-state index is -3.42. The predicted octanol–water partition coefficient (Wildman–Crippen LogP) is 0.967. The lowest BCUT2D eigenvalue weighted by molar-refractivity contribution is -0.136. The number of nitrogens with zero attached hydrogens (tertiary/aromatic N) is 2. The Bertz CT molecular complexity index is 977. The number of aromatic nitrogens is 2. The van der Waals surface area contributed by atoms with Crippen LogP contribution in [0.3, 0.4) is 0 Å². The van der Waals surface area contributed by atoms with E-state index < -0.39 is 21.6 Å². The van der Waals surface area contributed by atoms with Gasteiger partial charge in [0, 0.05) is 31.3 Å². The molecule has 8 nitrogen and oxygen atoms in total. The number of rotatable bonds is 7. The van der Waals surface area contributed by atoms with E-state index >= 15 is 0 Å². The summed E-state index contributed by atoms with van der Waals surface area (Å²) in [7, 11) is -3.42. The monoisotopic (exact) mass is 391 g/mol. The Morgan fingerprint density at radius 2 is 1.81 bits per heavy atom. The molecule has 0 atom stereocenters. The van der Waals surface area contributed by atoms with Crippen molar-refractivity contribution in [2.24, 2.45) is 0 Å². The van der Waals surface area contributed by atoms with Crippen molar-refractivity contribution in [3.05, 3.63) is 57.8 Å². The van der Waals surface area contributed by atoms with Gasteiger partial charge in [-0.05, 0) is 37.0 Å². The Morgan fingerprint density at radius 1 is 1.15 bits per heavy atom. The molecule has 3 rings (SSSR count). The third-order valence-corrected chi connectivity index (χ3v) is 6.46. The first kappa shape index (κ1) is 19.2. The molecule has 0 amide bonds. The summed E-state index contributed by atoms with van der Waals surface area (Å²) in [4.78, 5) is 29.5. The highest BCUT2D eigenvalue weighted by atomic mass is 32.2. The molecule has 27 heavy (non-hydrogen) atoms. The molecule has 9 heteroatoms. The third kappa shape index (κ3) is 4.61. The Labute approximate surface area is 156 Å². The molecule has 0 radical (unpaired) electrons. The van der Waals surface area contributed by atoms with Crippen LogP contribution in [0.5, 0.6) is 0 Å². The first-order chi connectivity index (χ1) is 12.9. The van der Waals surface area contributed by atoms with Crippen molar-refractivity contribution in [2.45, 2.75) is 37.0 Å². The molecule has 0 bridgehead atoms. The van der Waals surface area contributed by atoms with Gasteiger partial charge in [-0.2, -0.15) is 4.31 Å². The number of aromatic amines is 1. The summed E-state index contributed by atoms with van der Waals surface area (Å²) in [6, 6.07) is 6.74. The highest BCUT2D eigenvalue weighted by molar-refractivity contribution is 7.89. The normalized spacial score (nSPS) is 15.1.